The number of anilines is 1. The molecule has 3 aromatic rings. The van der Waals surface area contributed by atoms with Gasteiger partial charge in [0, 0.05) is 28.8 Å². The molecule has 3 rings (SSSR count). The second-order valence-electron chi connectivity index (χ2n) is 6.23. The van der Waals surface area contributed by atoms with E-state index in [0.717, 1.165) is 35.7 Å². The van der Waals surface area contributed by atoms with Gasteiger partial charge in [0.1, 0.15) is 11.5 Å². The Morgan fingerprint density at radius 1 is 1.11 bits per heavy atom. The summed E-state index contributed by atoms with van der Waals surface area (Å²) in [6, 6.07) is 13.9. The highest BCUT2D eigenvalue weighted by molar-refractivity contribution is 7.80. The maximum absolute atomic E-state index is 5.45. The van der Waals surface area contributed by atoms with E-state index in [1.807, 2.05) is 37.3 Å². The molecule has 0 bridgehead atoms. The first-order valence-corrected chi connectivity index (χ1v) is 9.44. The van der Waals surface area contributed by atoms with E-state index in [1.165, 1.54) is 16.6 Å². The normalized spacial score (nSPS) is 10.6. The second-order valence-corrected chi connectivity index (χ2v) is 6.64. The summed E-state index contributed by atoms with van der Waals surface area (Å²) < 4.78 is 10.8. The third-order valence-corrected chi connectivity index (χ3v) is 4.66. The molecule has 0 fully saturated rings. The van der Waals surface area contributed by atoms with Crippen molar-refractivity contribution in [2.75, 3.05) is 25.6 Å². The van der Waals surface area contributed by atoms with Crippen LogP contribution in [0.2, 0.25) is 0 Å². The minimum atomic E-state index is 0.606. The molecule has 0 aliphatic carbocycles. The number of aromatic nitrogens is 1. The van der Waals surface area contributed by atoms with Crippen LogP contribution in [0.3, 0.4) is 0 Å². The molecule has 1 heterocycles. The maximum atomic E-state index is 5.45. The fourth-order valence-corrected chi connectivity index (χ4v) is 3.31. The number of H-pyrrole nitrogens is 1. The number of aryl methyl sites for hydroxylation is 1. The van der Waals surface area contributed by atoms with Crippen LogP contribution in [-0.4, -0.2) is 30.4 Å². The molecule has 0 saturated carbocycles. The molecule has 1 aromatic heterocycles. The first-order chi connectivity index (χ1) is 13.1. The van der Waals surface area contributed by atoms with Crippen molar-refractivity contribution < 1.29 is 9.47 Å². The molecule has 142 valence electrons. The largest absolute Gasteiger partial charge is 0.497 e. The average molecular weight is 384 g/mol. The maximum Gasteiger partial charge on any atom is 0.170 e. The zero-order chi connectivity index (χ0) is 19.2. The molecule has 0 radical (unpaired) electrons. The number of aromatic amines is 1. The summed E-state index contributed by atoms with van der Waals surface area (Å²) in [6.07, 6.45) is 0.865. The van der Waals surface area contributed by atoms with Gasteiger partial charge >= 0.3 is 0 Å². The molecule has 0 unspecified atom stereocenters. The Hall–Kier alpha value is -2.73. The lowest BCUT2D eigenvalue weighted by Gasteiger charge is -2.11. The van der Waals surface area contributed by atoms with Crippen molar-refractivity contribution in [2.24, 2.45) is 0 Å². The highest BCUT2D eigenvalue weighted by atomic mass is 32.1. The lowest BCUT2D eigenvalue weighted by atomic mass is 10.1. The second kappa shape index (κ2) is 8.77. The predicted molar refractivity (Wildman–Crippen MR) is 115 cm³/mol. The highest BCUT2D eigenvalue weighted by Crippen LogP contribution is 2.26. The van der Waals surface area contributed by atoms with Gasteiger partial charge in [0.15, 0.2) is 5.11 Å². The first-order valence-electron chi connectivity index (χ1n) is 9.03. The smallest absolute Gasteiger partial charge is 0.170 e. The topological polar surface area (TPSA) is 58.3 Å². The average Bonchev–Trinajstić information content (AvgIpc) is 2.98. The number of hydrogen-bond donors (Lipinski definition) is 3. The van der Waals surface area contributed by atoms with E-state index in [2.05, 4.69) is 34.7 Å². The van der Waals surface area contributed by atoms with Crippen molar-refractivity contribution in [1.82, 2.24) is 10.3 Å². The molecule has 0 aliphatic heterocycles. The molecule has 0 atom stereocenters. The molecule has 0 amide bonds. The molecule has 0 spiro atoms. The molecule has 3 N–H and O–H groups in total. The molecule has 2 aromatic carbocycles. The van der Waals surface area contributed by atoms with Gasteiger partial charge in [0.25, 0.3) is 0 Å². The van der Waals surface area contributed by atoms with Crippen molar-refractivity contribution in [2.45, 2.75) is 20.3 Å². The van der Waals surface area contributed by atoms with Gasteiger partial charge in [-0.15, -0.1) is 0 Å². The molecule has 0 aliphatic rings. The lowest BCUT2D eigenvalue weighted by molar-refractivity contribution is 0.340. The molecule has 0 saturated heterocycles. The molecule has 27 heavy (non-hydrogen) atoms. The summed E-state index contributed by atoms with van der Waals surface area (Å²) in [5.74, 6) is 1.72. The molecule has 5 nitrogen and oxygen atoms in total. The molecule has 6 heteroatoms. The monoisotopic (exact) mass is 383 g/mol. The molecular formula is C21H25N3O2S. The fraction of sp³-hybridized carbons (Fsp3) is 0.286. The standard InChI is InChI=1S/C21H25N3O2S/c1-4-26-16-7-5-15(6-8-16)24-21(27)22-12-11-18-14(2)23-20-10-9-17(25-3)13-19(18)20/h5-10,13,23H,4,11-12H2,1-3H3,(H2,22,24,27). The number of fused-ring (bicyclic) bond motifs is 1. The van der Waals surface area contributed by atoms with Crippen molar-refractivity contribution in [3.05, 3.63) is 53.7 Å². The third kappa shape index (κ3) is 4.71. The SMILES string of the molecule is CCOc1ccc(NC(=S)NCCc2c(C)[nH]c3ccc(OC)cc23)cc1. The van der Waals surface area contributed by atoms with Crippen LogP contribution in [0.15, 0.2) is 42.5 Å². The molecular weight excluding hydrogens is 358 g/mol. The summed E-state index contributed by atoms with van der Waals surface area (Å²) in [5, 5.41) is 8.27. The van der Waals surface area contributed by atoms with Crippen molar-refractivity contribution in [3.63, 3.8) is 0 Å². The van der Waals surface area contributed by atoms with Crippen LogP contribution < -0.4 is 20.1 Å². The number of hydrogen-bond acceptors (Lipinski definition) is 3. The van der Waals surface area contributed by atoms with E-state index in [1.54, 1.807) is 7.11 Å². The van der Waals surface area contributed by atoms with Crippen LogP contribution in [-0.2, 0) is 6.42 Å². The van der Waals surface area contributed by atoms with Crippen LogP contribution >= 0.6 is 12.2 Å². The predicted octanol–water partition coefficient (Wildman–Crippen LogP) is 4.41. The van der Waals surface area contributed by atoms with Gasteiger partial charge in [-0.2, -0.15) is 0 Å². The van der Waals surface area contributed by atoms with E-state index in [9.17, 15) is 0 Å². The van der Waals surface area contributed by atoms with Gasteiger partial charge in [0.05, 0.1) is 13.7 Å². The Morgan fingerprint density at radius 3 is 2.56 bits per heavy atom. The Kier molecular flexibility index (Phi) is 6.19. The minimum Gasteiger partial charge on any atom is -0.497 e. The van der Waals surface area contributed by atoms with Crippen molar-refractivity contribution in [3.8, 4) is 11.5 Å². The van der Waals surface area contributed by atoms with E-state index in [4.69, 9.17) is 21.7 Å². The van der Waals surface area contributed by atoms with Crippen molar-refractivity contribution >= 4 is 33.9 Å². The van der Waals surface area contributed by atoms with Crippen LogP contribution in [0.5, 0.6) is 11.5 Å². The summed E-state index contributed by atoms with van der Waals surface area (Å²) in [4.78, 5) is 3.43. The van der Waals surface area contributed by atoms with Gasteiger partial charge < -0.3 is 25.1 Å². The number of ether oxygens (including phenoxy) is 2. The van der Waals surface area contributed by atoms with Gasteiger partial charge in [-0.3, -0.25) is 0 Å². The Morgan fingerprint density at radius 2 is 1.85 bits per heavy atom. The number of thiocarbonyl (C=S) groups is 1. The number of benzene rings is 2. The summed E-state index contributed by atoms with van der Waals surface area (Å²) in [6.45, 7) is 5.47. The lowest BCUT2D eigenvalue weighted by Crippen LogP contribution is -2.30. The zero-order valence-electron chi connectivity index (χ0n) is 15.9. The van der Waals surface area contributed by atoms with E-state index < -0.39 is 0 Å². The van der Waals surface area contributed by atoms with Crippen LogP contribution in [0, 0.1) is 6.92 Å². The van der Waals surface area contributed by atoms with Gasteiger partial charge in [0.2, 0.25) is 0 Å². The fourth-order valence-electron chi connectivity index (χ4n) is 3.09. The van der Waals surface area contributed by atoms with E-state index >= 15 is 0 Å². The van der Waals surface area contributed by atoms with Gasteiger partial charge in [-0.25, -0.2) is 0 Å². The van der Waals surface area contributed by atoms with E-state index in [0.29, 0.717) is 11.7 Å². The first kappa shape index (κ1) is 19.0. The Bertz CT molecular complexity index is 919. The number of methoxy groups -OCH3 is 1. The van der Waals surface area contributed by atoms with Crippen molar-refractivity contribution in [1.29, 1.82) is 0 Å². The summed E-state index contributed by atoms with van der Waals surface area (Å²) in [5.41, 5.74) is 4.51. The summed E-state index contributed by atoms with van der Waals surface area (Å²) in [7, 11) is 1.69. The number of nitrogens with one attached hydrogen (secondary N) is 3. The summed E-state index contributed by atoms with van der Waals surface area (Å²) >= 11 is 5.40. The number of rotatable bonds is 7. The van der Waals surface area contributed by atoms with Crippen LogP contribution in [0.4, 0.5) is 5.69 Å². The Labute approximate surface area is 165 Å². The third-order valence-electron chi connectivity index (χ3n) is 4.41. The van der Waals surface area contributed by atoms with Gasteiger partial charge in [-0.1, -0.05) is 0 Å². The Balaban J connectivity index is 1.57. The van der Waals surface area contributed by atoms with Crippen LogP contribution in [0.25, 0.3) is 10.9 Å². The van der Waals surface area contributed by atoms with E-state index in [-0.39, 0.29) is 0 Å². The highest BCUT2D eigenvalue weighted by Gasteiger charge is 2.09. The van der Waals surface area contributed by atoms with Crippen LogP contribution in [0.1, 0.15) is 18.2 Å². The minimum absolute atomic E-state index is 0.606. The van der Waals surface area contributed by atoms with Gasteiger partial charge in [-0.05, 0) is 80.5 Å². The zero-order valence-corrected chi connectivity index (χ0v) is 16.7. The quantitative estimate of drug-likeness (QED) is 0.528.